The van der Waals surface area contributed by atoms with Gasteiger partial charge in [-0.25, -0.2) is 0 Å². The number of hydrogen-bond acceptors (Lipinski definition) is 0. The van der Waals surface area contributed by atoms with Gasteiger partial charge in [0.1, 0.15) is 0 Å². The average Bonchev–Trinajstić information content (AvgIpc) is 0. The molecule has 2 atom stereocenters. The third kappa shape index (κ3) is 8.98. The predicted molar refractivity (Wildman–Crippen MR) is 42.1 cm³/mol. The second-order valence-corrected chi connectivity index (χ2v) is 0. The Morgan fingerprint density at radius 3 is 0.750 bits per heavy atom. The summed E-state index contributed by atoms with van der Waals surface area (Å²) in [6.07, 6.45) is 0. The van der Waals surface area contributed by atoms with Crippen molar-refractivity contribution in [1.82, 2.24) is 0 Å². The predicted octanol–water partition coefficient (Wildman–Crippen LogP) is -2.25. The zero-order valence-corrected chi connectivity index (χ0v) is 4.24. The molecule has 0 saturated heterocycles. The SMILES string of the molecule is P.P.[AlH3].[GaH3]. The average molecular weight is 171 g/mol. The second kappa shape index (κ2) is 19.8. The number of rotatable bonds is 0. The van der Waals surface area contributed by atoms with Crippen molar-refractivity contribution >= 4 is 56.9 Å². The molecule has 0 spiro atoms. The van der Waals surface area contributed by atoms with Crippen molar-refractivity contribution in [2.75, 3.05) is 0 Å². The van der Waals surface area contributed by atoms with Gasteiger partial charge in [-0.1, -0.05) is 0 Å². The van der Waals surface area contributed by atoms with Crippen molar-refractivity contribution in [2.24, 2.45) is 0 Å². The summed E-state index contributed by atoms with van der Waals surface area (Å²) in [4.78, 5) is 0. The molecule has 2 unspecified atom stereocenters. The van der Waals surface area contributed by atoms with E-state index in [4.69, 9.17) is 0 Å². The molecule has 0 aromatic carbocycles. The molecule has 0 aliphatic carbocycles. The van der Waals surface area contributed by atoms with Crippen LogP contribution in [0.2, 0.25) is 0 Å². The Morgan fingerprint density at radius 1 is 0.750 bits per heavy atom. The van der Waals surface area contributed by atoms with E-state index in [1.807, 2.05) is 0 Å². The molecular weight excluding hydrogens is 159 g/mol. The molecule has 0 saturated carbocycles. The van der Waals surface area contributed by atoms with Gasteiger partial charge in [-0.05, 0) is 0 Å². The van der Waals surface area contributed by atoms with Crippen LogP contribution >= 0.6 is 19.8 Å². The number of hydrogen-bond donors (Lipinski definition) is 0. The van der Waals surface area contributed by atoms with Crippen molar-refractivity contribution < 1.29 is 0 Å². The molecule has 0 aromatic heterocycles. The van der Waals surface area contributed by atoms with Crippen LogP contribution in [0, 0.1) is 0 Å². The second-order valence-electron chi connectivity index (χ2n) is 0. The zero-order valence-electron chi connectivity index (χ0n) is 1.41. The first kappa shape index (κ1) is 37.0. The van der Waals surface area contributed by atoms with Crippen molar-refractivity contribution in [3.05, 3.63) is 0 Å². The first-order valence-electron chi connectivity index (χ1n) is 0. The maximum absolute atomic E-state index is 0. The van der Waals surface area contributed by atoms with E-state index in [0.717, 1.165) is 0 Å². The van der Waals surface area contributed by atoms with Crippen LogP contribution in [-0.4, -0.2) is 37.2 Å². The van der Waals surface area contributed by atoms with Gasteiger partial charge in [-0.15, -0.1) is 0 Å². The van der Waals surface area contributed by atoms with Crippen LogP contribution in [0.5, 0.6) is 0 Å². The maximum atomic E-state index is 0. The van der Waals surface area contributed by atoms with Gasteiger partial charge in [0.25, 0.3) is 0 Å². The van der Waals surface area contributed by atoms with Gasteiger partial charge in [0.15, 0.2) is 17.4 Å². The molecule has 0 bridgehead atoms. The van der Waals surface area contributed by atoms with Crippen LogP contribution in [0.3, 0.4) is 0 Å². The van der Waals surface area contributed by atoms with E-state index in [2.05, 4.69) is 0 Å². The van der Waals surface area contributed by atoms with E-state index < -0.39 is 0 Å². The zero-order chi connectivity index (χ0) is 0. The van der Waals surface area contributed by atoms with Crippen LogP contribution in [0.25, 0.3) is 0 Å². The monoisotopic (exact) mass is 170 g/mol. The van der Waals surface area contributed by atoms with E-state index in [9.17, 15) is 0 Å². The summed E-state index contributed by atoms with van der Waals surface area (Å²) in [5.74, 6) is 0. The summed E-state index contributed by atoms with van der Waals surface area (Å²) in [6.45, 7) is 0. The van der Waals surface area contributed by atoms with E-state index >= 15 is 0 Å². The van der Waals surface area contributed by atoms with Crippen LogP contribution in [0.4, 0.5) is 0 Å². The summed E-state index contributed by atoms with van der Waals surface area (Å²) in [5.41, 5.74) is 0. The van der Waals surface area contributed by atoms with Gasteiger partial charge >= 0.3 is 19.8 Å². The summed E-state index contributed by atoms with van der Waals surface area (Å²) in [5, 5.41) is 0. The van der Waals surface area contributed by atoms with Crippen LogP contribution in [0.15, 0.2) is 0 Å². The summed E-state index contributed by atoms with van der Waals surface area (Å²) in [6, 6.07) is 0. The Morgan fingerprint density at radius 2 is 0.750 bits per heavy atom. The Bertz CT molecular complexity index is 6.00. The van der Waals surface area contributed by atoms with Crippen molar-refractivity contribution in [1.29, 1.82) is 0 Å². The van der Waals surface area contributed by atoms with E-state index in [0.29, 0.717) is 0 Å². The normalized spacial score (nSPS) is 0. The molecule has 4 heteroatoms. The van der Waals surface area contributed by atoms with Gasteiger partial charge in [0.05, 0.1) is 0 Å². The topological polar surface area (TPSA) is 0 Å². The molecule has 0 heterocycles. The Kier molecular flexibility index (Phi) is 184. The first-order chi connectivity index (χ1) is 0. The molecule has 0 aromatic rings. The van der Waals surface area contributed by atoms with E-state index in [1.54, 1.807) is 0 Å². The Balaban J connectivity index is 0. The molecule has 0 rings (SSSR count). The molecule has 0 radical (unpaired) electrons. The molecule has 0 amide bonds. The van der Waals surface area contributed by atoms with Gasteiger partial charge in [-0.2, -0.15) is 19.8 Å². The minimum absolute atomic E-state index is 0. The van der Waals surface area contributed by atoms with Crippen molar-refractivity contribution in [3.8, 4) is 0 Å². The molecule has 0 aliphatic heterocycles. The summed E-state index contributed by atoms with van der Waals surface area (Å²) in [7, 11) is 0. The van der Waals surface area contributed by atoms with Gasteiger partial charge in [-0.3, -0.25) is 0 Å². The van der Waals surface area contributed by atoms with Gasteiger partial charge < -0.3 is 0 Å². The third-order valence-electron chi connectivity index (χ3n) is 0. The fourth-order valence-corrected chi connectivity index (χ4v) is 0. The standard InChI is InChI=1S/Al.Ga.2H3P.6H/h;;2*1H3;;;;;;. The van der Waals surface area contributed by atoms with Gasteiger partial charge in [0, 0.05) is 0 Å². The minimum atomic E-state index is 0. The van der Waals surface area contributed by atoms with Crippen molar-refractivity contribution in [3.63, 3.8) is 0 Å². The fourth-order valence-electron chi connectivity index (χ4n) is 0. The molecular formula is H12AlGaP2. The van der Waals surface area contributed by atoms with Crippen LogP contribution < -0.4 is 0 Å². The third-order valence-corrected chi connectivity index (χ3v) is 0. The molecule has 0 N–H and O–H groups in total. The molecule has 4 heavy (non-hydrogen) atoms. The fraction of sp³-hybridized carbons (Fsp3) is 0. The quantitative estimate of drug-likeness (QED) is 0.285. The molecule has 28 valence electrons. The van der Waals surface area contributed by atoms with Gasteiger partial charge in [0.2, 0.25) is 0 Å². The summed E-state index contributed by atoms with van der Waals surface area (Å²) < 4.78 is 0. The first-order valence-corrected chi connectivity index (χ1v) is 0. The molecule has 0 fully saturated rings. The molecule has 0 aliphatic rings. The van der Waals surface area contributed by atoms with Crippen LogP contribution in [-0.2, 0) is 0 Å². The molecule has 0 nitrogen and oxygen atoms in total. The van der Waals surface area contributed by atoms with E-state index in [-0.39, 0.29) is 56.9 Å². The Hall–Kier alpha value is 2.03. The Labute approximate surface area is 56.9 Å². The van der Waals surface area contributed by atoms with E-state index in [1.165, 1.54) is 0 Å². The van der Waals surface area contributed by atoms with Crippen molar-refractivity contribution in [2.45, 2.75) is 0 Å². The van der Waals surface area contributed by atoms with Crippen LogP contribution in [0.1, 0.15) is 0 Å². The summed E-state index contributed by atoms with van der Waals surface area (Å²) >= 11 is 0.